The van der Waals surface area contributed by atoms with Crippen molar-refractivity contribution in [2.24, 2.45) is 7.05 Å². The Kier molecular flexibility index (Phi) is 6.62. The van der Waals surface area contributed by atoms with Crippen LogP contribution < -0.4 is 0 Å². The van der Waals surface area contributed by atoms with Gasteiger partial charge in [-0.3, -0.25) is 0 Å². The lowest BCUT2D eigenvalue weighted by atomic mass is 9.99. The van der Waals surface area contributed by atoms with Crippen molar-refractivity contribution in [1.82, 2.24) is 9.55 Å². The van der Waals surface area contributed by atoms with E-state index >= 15 is 0 Å². The van der Waals surface area contributed by atoms with Crippen molar-refractivity contribution >= 4 is 29.2 Å². The van der Waals surface area contributed by atoms with Crippen LogP contribution in [0.1, 0.15) is 28.0 Å². The van der Waals surface area contributed by atoms with Gasteiger partial charge in [0, 0.05) is 35.9 Å². The summed E-state index contributed by atoms with van der Waals surface area (Å²) >= 11 is 12.6. The van der Waals surface area contributed by atoms with E-state index in [1.165, 1.54) is 0 Å². The Morgan fingerprint density at radius 2 is 2.06 bits per heavy atom. The number of esters is 1. The topological polar surface area (TPSA) is 62.6 Å². The fourth-order valence-corrected chi connectivity index (χ4v) is 4.15. The van der Waals surface area contributed by atoms with Gasteiger partial charge < -0.3 is 18.8 Å². The molecule has 6 nitrogen and oxygen atoms in total. The van der Waals surface area contributed by atoms with Gasteiger partial charge in [-0.2, -0.15) is 0 Å². The highest BCUT2D eigenvalue weighted by molar-refractivity contribution is 6.35. The van der Waals surface area contributed by atoms with Crippen LogP contribution in [0.15, 0.2) is 61.1 Å². The van der Waals surface area contributed by atoms with Crippen LogP contribution in [0.2, 0.25) is 10.0 Å². The molecular weight excluding hydrogens is 439 g/mol. The third-order valence-electron chi connectivity index (χ3n) is 5.24. The van der Waals surface area contributed by atoms with Crippen molar-refractivity contribution in [3.05, 3.63) is 87.9 Å². The Hall–Kier alpha value is -2.38. The second-order valence-corrected chi connectivity index (χ2v) is 8.23. The highest BCUT2D eigenvalue weighted by Crippen LogP contribution is 2.42. The van der Waals surface area contributed by atoms with Crippen LogP contribution in [0.25, 0.3) is 0 Å². The molecule has 2 heterocycles. The van der Waals surface area contributed by atoms with Gasteiger partial charge >= 0.3 is 5.97 Å². The predicted molar refractivity (Wildman–Crippen MR) is 117 cm³/mol. The summed E-state index contributed by atoms with van der Waals surface area (Å²) in [6, 6.07) is 14.1. The molecule has 0 bridgehead atoms. The first kappa shape index (κ1) is 21.8. The van der Waals surface area contributed by atoms with E-state index in [1.54, 1.807) is 42.7 Å². The quantitative estimate of drug-likeness (QED) is 0.474. The number of nitrogens with zero attached hydrogens (tertiary/aromatic N) is 2. The van der Waals surface area contributed by atoms with Crippen molar-refractivity contribution in [1.29, 1.82) is 0 Å². The van der Waals surface area contributed by atoms with Gasteiger partial charge in [0.1, 0.15) is 12.7 Å². The largest absolute Gasteiger partial charge is 0.459 e. The molecule has 31 heavy (non-hydrogen) atoms. The van der Waals surface area contributed by atoms with E-state index in [1.807, 2.05) is 29.9 Å². The molecule has 162 valence electrons. The molecule has 4 rings (SSSR count). The van der Waals surface area contributed by atoms with E-state index in [0.29, 0.717) is 34.0 Å². The molecule has 2 atom stereocenters. The first-order valence-corrected chi connectivity index (χ1v) is 10.7. The van der Waals surface area contributed by atoms with Gasteiger partial charge in [0.05, 0.1) is 23.5 Å². The minimum absolute atomic E-state index is 0.0758. The van der Waals surface area contributed by atoms with Gasteiger partial charge in [0.15, 0.2) is 5.79 Å². The van der Waals surface area contributed by atoms with E-state index in [-0.39, 0.29) is 13.2 Å². The minimum atomic E-state index is -1.07. The molecule has 2 aromatic carbocycles. The summed E-state index contributed by atoms with van der Waals surface area (Å²) in [5.74, 6) is -1.48. The lowest BCUT2D eigenvalue weighted by Gasteiger charge is -2.29. The molecule has 0 amide bonds. The summed E-state index contributed by atoms with van der Waals surface area (Å²) in [6.07, 6.45) is 4.30. The maximum atomic E-state index is 12.3. The molecule has 1 aromatic heterocycles. The number of carbonyl (C=O) groups excluding carboxylic acids is 1. The average molecular weight is 461 g/mol. The van der Waals surface area contributed by atoms with Gasteiger partial charge in [-0.25, -0.2) is 9.78 Å². The maximum Gasteiger partial charge on any atom is 0.338 e. The average Bonchev–Trinajstić information content (AvgIpc) is 3.37. The number of rotatable bonds is 7. The standard InChI is InChI=1S/C23H22Cl2N2O4/c1-27-15-26-12-18(27)9-10-23(20-8-7-17(24)11-21(20)25)30-14-19(31-23)13-29-22(28)16-5-3-2-4-6-16/h2-8,11-12,15,19H,9-10,13-14H2,1H3/t19-,23-/m0/s1. The summed E-state index contributed by atoms with van der Waals surface area (Å²) in [6.45, 7) is 0.346. The van der Waals surface area contributed by atoms with E-state index < -0.39 is 17.9 Å². The van der Waals surface area contributed by atoms with E-state index in [2.05, 4.69) is 4.98 Å². The zero-order chi connectivity index (χ0) is 21.8. The Morgan fingerprint density at radius 1 is 1.26 bits per heavy atom. The number of aryl methyl sites for hydroxylation is 2. The molecule has 1 saturated heterocycles. The van der Waals surface area contributed by atoms with Crippen LogP contribution in [0.3, 0.4) is 0 Å². The molecule has 0 spiro atoms. The van der Waals surface area contributed by atoms with Gasteiger partial charge in [0.25, 0.3) is 0 Å². The molecule has 0 saturated carbocycles. The van der Waals surface area contributed by atoms with E-state index in [4.69, 9.17) is 37.4 Å². The summed E-state index contributed by atoms with van der Waals surface area (Å²) in [5.41, 5.74) is 2.22. The summed E-state index contributed by atoms with van der Waals surface area (Å²) in [5, 5.41) is 0.987. The van der Waals surface area contributed by atoms with Gasteiger partial charge in [-0.15, -0.1) is 0 Å². The van der Waals surface area contributed by atoms with Gasteiger partial charge in [0.2, 0.25) is 0 Å². The van der Waals surface area contributed by atoms with Crippen LogP contribution in [0.5, 0.6) is 0 Å². The van der Waals surface area contributed by atoms with Gasteiger partial charge in [-0.05, 0) is 30.7 Å². The number of ether oxygens (including phenoxy) is 3. The third-order valence-corrected chi connectivity index (χ3v) is 5.79. The summed E-state index contributed by atoms with van der Waals surface area (Å²) in [4.78, 5) is 16.4. The Labute approximate surface area is 190 Å². The van der Waals surface area contributed by atoms with E-state index in [9.17, 15) is 4.79 Å². The molecule has 1 aliphatic rings. The lowest BCUT2D eigenvalue weighted by Crippen LogP contribution is -2.31. The van der Waals surface area contributed by atoms with Crippen molar-refractivity contribution < 1.29 is 19.0 Å². The number of benzene rings is 2. The molecule has 8 heteroatoms. The molecule has 1 aliphatic heterocycles. The molecule has 0 aliphatic carbocycles. The smallest absolute Gasteiger partial charge is 0.338 e. The van der Waals surface area contributed by atoms with Crippen molar-refractivity contribution in [2.45, 2.75) is 24.7 Å². The van der Waals surface area contributed by atoms with Crippen molar-refractivity contribution in [3.63, 3.8) is 0 Å². The summed E-state index contributed by atoms with van der Waals surface area (Å²) < 4.78 is 19.9. The number of imidazole rings is 1. The first-order valence-electron chi connectivity index (χ1n) is 9.91. The Bertz CT molecular complexity index is 1060. The van der Waals surface area contributed by atoms with Crippen LogP contribution in [-0.2, 0) is 33.5 Å². The van der Waals surface area contributed by atoms with Crippen molar-refractivity contribution in [3.8, 4) is 0 Å². The highest BCUT2D eigenvalue weighted by atomic mass is 35.5. The minimum Gasteiger partial charge on any atom is -0.459 e. The molecule has 0 N–H and O–H groups in total. The van der Waals surface area contributed by atoms with Crippen LogP contribution in [0, 0.1) is 0 Å². The van der Waals surface area contributed by atoms with Crippen LogP contribution in [0.4, 0.5) is 0 Å². The fourth-order valence-electron chi connectivity index (χ4n) is 3.60. The maximum absolute atomic E-state index is 12.3. The number of carbonyl (C=O) groups is 1. The number of aromatic nitrogens is 2. The van der Waals surface area contributed by atoms with Crippen molar-refractivity contribution in [2.75, 3.05) is 13.2 Å². The number of halogens is 2. The number of hydrogen-bond acceptors (Lipinski definition) is 5. The van der Waals surface area contributed by atoms with Crippen LogP contribution >= 0.6 is 23.2 Å². The lowest BCUT2D eigenvalue weighted by molar-refractivity contribution is -0.184. The second kappa shape index (κ2) is 9.40. The highest BCUT2D eigenvalue weighted by Gasteiger charge is 2.44. The molecular formula is C23H22Cl2N2O4. The van der Waals surface area contributed by atoms with Crippen LogP contribution in [-0.4, -0.2) is 34.8 Å². The van der Waals surface area contributed by atoms with Gasteiger partial charge in [-0.1, -0.05) is 47.5 Å². The van der Waals surface area contributed by atoms with E-state index in [0.717, 1.165) is 5.69 Å². The predicted octanol–water partition coefficient (Wildman–Crippen LogP) is 4.78. The third kappa shape index (κ3) is 4.93. The fraction of sp³-hybridized carbons (Fsp3) is 0.304. The molecule has 0 radical (unpaired) electrons. The normalized spacial score (nSPS) is 20.7. The first-order chi connectivity index (χ1) is 15.0. The molecule has 0 unspecified atom stereocenters. The SMILES string of the molecule is Cn1cncc1CC[C@]1(c2ccc(Cl)cc2Cl)OC[C@H](COC(=O)c2ccccc2)O1. The Morgan fingerprint density at radius 3 is 2.77 bits per heavy atom. The Balaban J connectivity index is 1.50. The zero-order valence-electron chi connectivity index (χ0n) is 17.0. The zero-order valence-corrected chi connectivity index (χ0v) is 18.5. The molecule has 3 aromatic rings. The second-order valence-electron chi connectivity index (χ2n) is 7.39. The molecule has 1 fully saturated rings. The monoisotopic (exact) mass is 460 g/mol. The number of hydrogen-bond donors (Lipinski definition) is 0. The summed E-state index contributed by atoms with van der Waals surface area (Å²) in [7, 11) is 1.94.